The average Bonchev–Trinajstić information content (AvgIpc) is 3.63. The molecule has 0 N–H and O–H groups in total. The van der Waals surface area contributed by atoms with E-state index in [4.69, 9.17) is 0 Å². The van der Waals surface area contributed by atoms with E-state index in [2.05, 4.69) is 240 Å². The molecule has 10 aromatic carbocycles. The van der Waals surface area contributed by atoms with Crippen LogP contribution in [0.25, 0.3) is 82.4 Å². The Bertz CT molecular complexity index is 3260. The van der Waals surface area contributed by atoms with Gasteiger partial charge in [-0.15, -0.1) is 0 Å². The van der Waals surface area contributed by atoms with E-state index in [-0.39, 0.29) is 0 Å². The van der Waals surface area contributed by atoms with Crippen LogP contribution in [0.15, 0.2) is 231 Å². The van der Waals surface area contributed by atoms with Gasteiger partial charge in [0.2, 0.25) is 0 Å². The molecule has 0 atom stereocenters. The zero-order chi connectivity index (χ0) is 38.4. The zero-order valence-electron chi connectivity index (χ0n) is 31.8. The fourth-order valence-corrected chi connectivity index (χ4v) is 9.05. The zero-order valence-corrected chi connectivity index (χ0v) is 31.8. The van der Waals surface area contributed by atoms with Gasteiger partial charge in [-0.2, -0.15) is 0 Å². The lowest BCUT2D eigenvalue weighted by Crippen LogP contribution is -2.11. The summed E-state index contributed by atoms with van der Waals surface area (Å²) in [6.07, 6.45) is 0. The molecule has 1 heterocycles. The Morgan fingerprint density at radius 3 is 1.50 bits per heavy atom. The van der Waals surface area contributed by atoms with Crippen LogP contribution in [0.4, 0.5) is 17.1 Å². The Morgan fingerprint density at radius 2 is 0.810 bits per heavy atom. The van der Waals surface area contributed by atoms with E-state index >= 15 is 0 Å². The normalized spacial score (nSPS) is 11.4. The lowest BCUT2D eigenvalue weighted by molar-refractivity contribution is 1.18. The molecule has 11 rings (SSSR count). The third-order valence-electron chi connectivity index (χ3n) is 11.5. The van der Waals surface area contributed by atoms with Crippen LogP contribution >= 0.6 is 0 Å². The number of aromatic nitrogens is 1. The van der Waals surface area contributed by atoms with Crippen molar-refractivity contribution in [2.24, 2.45) is 0 Å². The van der Waals surface area contributed by atoms with Gasteiger partial charge in [-0.25, -0.2) is 0 Å². The van der Waals surface area contributed by atoms with E-state index < -0.39 is 0 Å². The van der Waals surface area contributed by atoms with Crippen LogP contribution in [0.5, 0.6) is 0 Å². The number of benzene rings is 10. The van der Waals surface area contributed by atoms with Gasteiger partial charge < -0.3 is 9.47 Å². The van der Waals surface area contributed by atoms with Crippen LogP contribution in [0, 0.1) is 0 Å². The fraction of sp³-hybridized carbons (Fsp3) is 0. The molecule has 2 nitrogen and oxygen atoms in total. The highest BCUT2D eigenvalue weighted by molar-refractivity contribution is 6.22. The molecular formula is C56H38N2. The van der Waals surface area contributed by atoms with Crippen molar-refractivity contribution in [3.05, 3.63) is 231 Å². The lowest BCUT2D eigenvalue weighted by Gasteiger charge is -2.28. The summed E-state index contributed by atoms with van der Waals surface area (Å²) in [5, 5.41) is 7.43. The van der Waals surface area contributed by atoms with Crippen molar-refractivity contribution in [1.29, 1.82) is 0 Å². The molecule has 0 spiro atoms. The first-order valence-electron chi connectivity index (χ1n) is 19.9. The summed E-state index contributed by atoms with van der Waals surface area (Å²) in [6, 6.07) is 83.7. The lowest BCUT2D eigenvalue weighted by atomic mass is 9.84. The number of nitrogens with zero attached hydrogens (tertiary/aromatic N) is 2. The molecule has 1 aromatic heterocycles. The molecule has 0 fully saturated rings. The van der Waals surface area contributed by atoms with Crippen molar-refractivity contribution in [3.8, 4) is 39.1 Å². The standard InChI is InChI=1S/C56H38N2/c1-5-19-39(20-6-1)55-47-29-13-14-30-48(47)56(40-21-7-2-8-22-40)51-37-41(33-35-49(51)55)45-27-15-17-31-52(45)57(42-23-9-3-10-24-42)44-34-36-54-50(38-44)46-28-16-18-32-53(46)58(54)43-25-11-4-12-26-43/h1-38H. The third-order valence-corrected chi connectivity index (χ3v) is 11.5. The topological polar surface area (TPSA) is 8.17 Å². The van der Waals surface area contributed by atoms with Crippen molar-refractivity contribution < 1.29 is 0 Å². The highest BCUT2D eigenvalue weighted by Gasteiger charge is 2.22. The molecule has 0 unspecified atom stereocenters. The van der Waals surface area contributed by atoms with Gasteiger partial charge in [-0.3, -0.25) is 0 Å². The summed E-state index contributed by atoms with van der Waals surface area (Å²) in [4.78, 5) is 2.42. The Labute approximate surface area is 338 Å². The number of hydrogen-bond acceptors (Lipinski definition) is 1. The van der Waals surface area contributed by atoms with Crippen LogP contribution in [0.1, 0.15) is 0 Å². The summed E-state index contributed by atoms with van der Waals surface area (Å²) in [7, 11) is 0. The molecule has 0 aliphatic rings. The quantitative estimate of drug-likeness (QED) is 0.148. The number of rotatable bonds is 7. The van der Waals surface area contributed by atoms with Gasteiger partial charge >= 0.3 is 0 Å². The Morgan fingerprint density at radius 1 is 0.293 bits per heavy atom. The summed E-state index contributed by atoms with van der Waals surface area (Å²) in [5.41, 5.74) is 14.1. The molecule has 0 amide bonds. The van der Waals surface area contributed by atoms with Crippen molar-refractivity contribution in [2.75, 3.05) is 4.90 Å². The molecular weight excluding hydrogens is 701 g/mol. The molecule has 58 heavy (non-hydrogen) atoms. The van der Waals surface area contributed by atoms with Crippen LogP contribution in [-0.4, -0.2) is 4.57 Å². The minimum atomic E-state index is 1.10. The van der Waals surface area contributed by atoms with Crippen molar-refractivity contribution >= 4 is 60.4 Å². The maximum absolute atomic E-state index is 2.43. The summed E-state index contributed by atoms with van der Waals surface area (Å²) in [5.74, 6) is 0. The van der Waals surface area contributed by atoms with Crippen molar-refractivity contribution in [1.82, 2.24) is 4.57 Å². The van der Waals surface area contributed by atoms with Crippen molar-refractivity contribution in [3.63, 3.8) is 0 Å². The summed E-state index contributed by atoms with van der Waals surface area (Å²) in [6.45, 7) is 0. The number of para-hydroxylation sites is 4. The second-order valence-electron chi connectivity index (χ2n) is 14.9. The Kier molecular flexibility index (Phi) is 8.19. The van der Waals surface area contributed by atoms with Crippen LogP contribution in [-0.2, 0) is 0 Å². The molecule has 0 radical (unpaired) electrons. The van der Waals surface area contributed by atoms with E-state index in [0.717, 1.165) is 33.9 Å². The largest absolute Gasteiger partial charge is 0.310 e. The fourth-order valence-electron chi connectivity index (χ4n) is 9.05. The molecule has 0 aliphatic heterocycles. The Hall–Kier alpha value is -7.68. The second kappa shape index (κ2) is 14.1. The van der Waals surface area contributed by atoms with Crippen LogP contribution < -0.4 is 4.90 Å². The second-order valence-corrected chi connectivity index (χ2v) is 14.9. The SMILES string of the molecule is c1ccc(-c2c3ccccc3c(-c3ccccc3)c3cc(-c4ccccc4N(c4ccccc4)c4ccc5c(c4)c4ccccc4n5-c4ccccc4)ccc23)cc1. The predicted octanol–water partition coefficient (Wildman–Crippen LogP) is 15.6. The minimum absolute atomic E-state index is 1.10. The molecule has 272 valence electrons. The number of anilines is 3. The van der Waals surface area contributed by atoms with Gasteiger partial charge in [-0.05, 0) is 110 Å². The third kappa shape index (κ3) is 5.57. The van der Waals surface area contributed by atoms with E-state index in [0.29, 0.717) is 0 Å². The predicted molar refractivity (Wildman–Crippen MR) is 247 cm³/mol. The minimum Gasteiger partial charge on any atom is -0.310 e. The highest BCUT2D eigenvalue weighted by atomic mass is 15.1. The highest BCUT2D eigenvalue weighted by Crippen LogP contribution is 2.47. The molecule has 2 heteroatoms. The van der Waals surface area contributed by atoms with Gasteiger partial charge in [0.25, 0.3) is 0 Å². The van der Waals surface area contributed by atoms with Gasteiger partial charge in [0.1, 0.15) is 0 Å². The van der Waals surface area contributed by atoms with Crippen LogP contribution in [0.2, 0.25) is 0 Å². The average molecular weight is 739 g/mol. The molecule has 0 saturated heterocycles. The molecule has 11 aromatic rings. The molecule has 0 saturated carbocycles. The van der Waals surface area contributed by atoms with E-state index in [9.17, 15) is 0 Å². The van der Waals surface area contributed by atoms with Gasteiger partial charge in [0.15, 0.2) is 0 Å². The van der Waals surface area contributed by atoms with Gasteiger partial charge in [0.05, 0.1) is 16.7 Å². The van der Waals surface area contributed by atoms with E-state index in [1.807, 2.05) is 0 Å². The first-order valence-corrected chi connectivity index (χ1v) is 19.9. The van der Waals surface area contributed by atoms with E-state index in [1.165, 1.54) is 65.6 Å². The maximum atomic E-state index is 2.43. The summed E-state index contributed by atoms with van der Waals surface area (Å²) >= 11 is 0. The monoisotopic (exact) mass is 738 g/mol. The number of hydrogen-bond donors (Lipinski definition) is 0. The molecule has 0 bridgehead atoms. The Balaban J connectivity index is 1.16. The number of fused-ring (bicyclic) bond motifs is 5. The van der Waals surface area contributed by atoms with Crippen molar-refractivity contribution in [2.45, 2.75) is 0 Å². The first-order chi connectivity index (χ1) is 28.8. The molecule has 0 aliphatic carbocycles. The maximum Gasteiger partial charge on any atom is 0.0542 e. The van der Waals surface area contributed by atoms with Gasteiger partial charge in [0, 0.05) is 33.4 Å². The first kappa shape index (κ1) is 33.6. The smallest absolute Gasteiger partial charge is 0.0542 e. The van der Waals surface area contributed by atoms with E-state index in [1.54, 1.807) is 0 Å². The van der Waals surface area contributed by atoms with Gasteiger partial charge in [-0.1, -0.05) is 170 Å². The van der Waals surface area contributed by atoms with Crippen LogP contribution in [0.3, 0.4) is 0 Å². The summed E-state index contributed by atoms with van der Waals surface area (Å²) < 4.78 is 2.38.